The monoisotopic (exact) mass is 293 g/mol. The molecular weight excluding hydrogens is 281 g/mol. The minimum absolute atomic E-state index is 0.206. The molecule has 0 saturated heterocycles. The van der Waals surface area contributed by atoms with Gasteiger partial charge in [0.25, 0.3) is 0 Å². The Morgan fingerprint density at radius 1 is 1.12 bits per heavy atom. The van der Waals surface area contributed by atoms with Gasteiger partial charge < -0.3 is 5.73 Å². The van der Waals surface area contributed by atoms with Gasteiger partial charge in [-0.25, -0.2) is 4.39 Å². The number of benzene rings is 2. The van der Waals surface area contributed by atoms with E-state index in [1.807, 2.05) is 30.3 Å². The Hall–Kier alpha value is -1.19. The predicted octanol–water partition coefficient (Wildman–Crippen LogP) is 3.83. The van der Waals surface area contributed by atoms with Gasteiger partial charge in [-0.2, -0.15) is 0 Å². The maximum absolute atomic E-state index is 13.2. The first-order valence-electron chi connectivity index (χ1n) is 5.41. The lowest BCUT2D eigenvalue weighted by Crippen LogP contribution is -2.14. The Morgan fingerprint density at radius 3 is 2.53 bits per heavy atom. The molecule has 2 aromatic rings. The summed E-state index contributed by atoms with van der Waals surface area (Å²) in [4.78, 5) is 0. The highest BCUT2D eigenvalue weighted by molar-refractivity contribution is 9.10. The van der Waals surface area contributed by atoms with Crippen molar-refractivity contribution in [3.63, 3.8) is 0 Å². The van der Waals surface area contributed by atoms with Crippen molar-refractivity contribution in [3.05, 3.63) is 69.9 Å². The summed E-state index contributed by atoms with van der Waals surface area (Å²) in [6.07, 6.45) is 0.697. The fourth-order valence-electron chi connectivity index (χ4n) is 1.78. The minimum atomic E-state index is -0.258. The highest BCUT2D eigenvalue weighted by Gasteiger charge is 2.11. The summed E-state index contributed by atoms with van der Waals surface area (Å²) in [6, 6.07) is 14.3. The van der Waals surface area contributed by atoms with Gasteiger partial charge in [0.15, 0.2) is 0 Å². The number of nitrogens with two attached hydrogens (primary N) is 1. The van der Waals surface area contributed by atoms with Crippen LogP contribution in [0.3, 0.4) is 0 Å². The Bertz CT molecular complexity index is 499. The molecule has 3 heteroatoms. The molecule has 1 atom stereocenters. The van der Waals surface area contributed by atoms with Gasteiger partial charge in [0.1, 0.15) is 5.82 Å². The van der Waals surface area contributed by atoms with E-state index in [0.29, 0.717) is 6.42 Å². The third kappa shape index (κ3) is 3.14. The zero-order chi connectivity index (χ0) is 12.3. The second-order valence-corrected chi connectivity index (χ2v) is 4.82. The van der Waals surface area contributed by atoms with Crippen LogP contribution in [-0.4, -0.2) is 0 Å². The number of hydrogen-bond acceptors (Lipinski definition) is 1. The van der Waals surface area contributed by atoms with Crippen LogP contribution in [0.15, 0.2) is 53.0 Å². The number of halogens is 2. The van der Waals surface area contributed by atoms with Crippen LogP contribution in [0.1, 0.15) is 17.2 Å². The molecule has 2 rings (SSSR count). The van der Waals surface area contributed by atoms with E-state index in [9.17, 15) is 4.39 Å². The number of hydrogen-bond donors (Lipinski definition) is 1. The Labute approximate surface area is 109 Å². The Morgan fingerprint density at radius 2 is 1.82 bits per heavy atom. The van der Waals surface area contributed by atoms with E-state index in [1.165, 1.54) is 12.1 Å². The molecule has 0 fully saturated rings. The van der Waals surface area contributed by atoms with Crippen LogP contribution in [0.2, 0.25) is 0 Å². The Balaban J connectivity index is 2.20. The van der Waals surface area contributed by atoms with Gasteiger partial charge in [0.05, 0.1) is 0 Å². The average molecular weight is 294 g/mol. The molecule has 0 radical (unpaired) electrons. The van der Waals surface area contributed by atoms with Crippen molar-refractivity contribution >= 4 is 15.9 Å². The van der Waals surface area contributed by atoms with Crippen LogP contribution in [-0.2, 0) is 6.42 Å². The quantitative estimate of drug-likeness (QED) is 0.914. The number of rotatable bonds is 3. The van der Waals surface area contributed by atoms with Gasteiger partial charge in [-0.1, -0.05) is 46.3 Å². The summed E-state index contributed by atoms with van der Waals surface area (Å²) < 4.78 is 14.0. The third-order valence-corrected chi connectivity index (χ3v) is 3.38. The van der Waals surface area contributed by atoms with Gasteiger partial charge >= 0.3 is 0 Å². The van der Waals surface area contributed by atoms with E-state index in [1.54, 1.807) is 6.07 Å². The Kier molecular flexibility index (Phi) is 3.92. The predicted molar refractivity (Wildman–Crippen MR) is 71.2 cm³/mol. The van der Waals surface area contributed by atoms with E-state index < -0.39 is 0 Å². The minimum Gasteiger partial charge on any atom is -0.324 e. The van der Waals surface area contributed by atoms with Crippen molar-refractivity contribution in [2.45, 2.75) is 12.5 Å². The molecule has 17 heavy (non-hydrogen) atoms. The van der Waals surface area contributed by atoms with Crippen molar-refractivity contribution in [2.75, 3.05) is 0 Å². The lowest BCUT2D eigenvalue weighted by Gasteiger charge is -2.14. The van der Waals surface area contributed by atoms with Crippen molar-refractivity contribution in [3.8, 4) is 0 Å². The van der Waals surface area contributed by atoms with Gasteiger partial charge in [-0.3, -0.25) is 0 Å². The maximum Gasteiger partial charge on any atom is 0.123 e. The average Bonchev–Trinajstić information content (AvgIpc) is 2.33. The molecule has 0 aliphatic carbocycles. The fourth-order valence-corrected chi connectivity index (χ4v) is 2.32. The molecule has 0 heterocycles. The van der Waals surface area contributed by atoms with Crippen LogP contribution in [0.5, 0.6) is 0 Å². The van der Waals surface area contributed by atoms with Gasteiger partial charge in [0, 0.05) is 10.5 Å². The van der Waals surface area contributed by atoms with Gasteiger partial charge in [-0.15, -0.1) is 0 Å². The van der Waals surface area contributed by atoms with Crippen LogP contribution in [0.4, 0.5) is 4.39 Å². The van der Waals surface area contributed by atoms with Crippen LogP contribution >= 0.6 is 15.9 Å². The molecule has 1 nitrogen and oxygen atoms in total. The van der Waals surface area contributed by atoms with E-state index in [2.05, 4.69) is 15.9 Å². The van der Waals surface area contributed by atoms with Crippen LogP contribution in [0.25, 0.3) is 0 Å². The van der Waals surface area contributed by atoms with E-state index >= 15 is 0 Å². The lowest BCUT2D eigenvalue weighted by molar-refractivity contribution is 0.617. The summed E-state index contributed by atoms with van der Waals surface area (Å²) in [6.45, 7) is 0. The summed E-state index contributed by atoms with van der Waals surface area (Å²) in [5, 5.41) is 0. The van der Waals surface area contributed by atoms with Crippen LogP contribution < -0.4 is 5.73 Å². The second-order valence-electron chi connectivity index (χ2n) is 3.96. The molecule has 0 amide bonds. The molecule has 0 bridgehead atoms. The van der Waals surface area contributed by atoms with Crippen molar-refractivity contribution in [1.29, 1.82) is 0 Å². The zero-order valence-corrected chi connectivity index (χ0v) is 10.8. The fraction of sp³-hybridized carbons (Fsp3) is 0.143. The standard InChI is InChI=1S/C14H13BrFN/c15-13-7-6-11(16)9-12(13)14(17)8-10-4-2-1-3-5-10/h1-7,9,14H,8,17H2. The second kappa shape index (κ2) is 5.43. The molecular formula is C14H13BrFN. The molecule has 0 saturated carbocycles. The summed E-state index contributed by atoms with van der Waals surface area (Å²) in [5.41, 5.74) is 8.05. The highest BCUT2D eigenvalue weighted by atomic mass is 79.9. The van der Waals surface area contributed by atoms with E-state index in [4.69, 9.17) is 5.73 Å². The van der Waals surface area contributed by atoms with E-state index in [0.717, 1.165) is 15.6 Å². The van der Waals surface area contributed by atoms with Crippen molar-refractivity contribution in [1.82, 2.24) is 0 Å². The normalized spacial score (nSPS) is 12.4. The third-order valence-electron chi connectivity index (χ3n) is 2.66. The first kappa shape index (κ1) is 12.3. The molecule has 88 valence electrons. The molecule has 1 unspecified atom stereocenters. The first-order chi connectivity index (χ1) is 8.16. The topological polar surface area (TPSA) is 26.0 Å². The largest absolute Gasteiger partial charge is 0.324 e. The van der Waals surface area contributed by atoms with Gasteiger partial charge in [-0.05, 0) is 35.7 Å². The zero-order valence-electron chi connectivity index (χ0n) is 9.24. The van der Waals surface area contributed by atoms with E-state index in [-0.39, 0.29) is 11.9 Å². The summed E-state index contributed by atoms with van der Waals surface area (Å²) in [5.74, 6) is -0.258. The molecule has 2 aromatic carbocycles. The molecule has 0 aliphatic heterocycles. The summed E-state index contributed by atoms with van der Waals surface area (Å²) >= 11 is 3.40. The molecule has 0 spiro atoms. The highest BCUT2D eigenvalue weighted by Crippen LogP contribution is 2.25. The van der Waals surface area contributed by atoms with Gasteiger partial charge in [0.2, 0.25) is 0 Å². The van der Waals surface area contributed by atoms with Crippen molar-refractivity contribution in [2.24, 2.45) is 5.73 Å². The maximum atomic E-state index is 13.2. The smallest absolute Gasteiger partial charge is 0.123 e. The molecule has 0 aliphatic rings. The lowest BCUT2D eigenvalue weighted by atomic mass is 10.00. The van der Waals surface area contributed by atoms with Crippen molar-refractivity contribution < 1.29 is 4.39 Å². The molecule has 2 N–H and O–H groups in total. The van der Waals surface area contributed by atoms with Crippen LogP contribution in [0, 0.1) is 5.82 Å². The summed E-state index contributed by atoms with van der Waals surface area (Å²) in [7, 11) is 0. The first-order valence-corrected chi connectivity index (χ1v) is 6.20. The SMILES string of the molecule is NC(Cc1ccccc1)c1cc(F)ccc1Br. The molecule has 0 aromatic heterocycles.